The van der Waals surface area contributed by atoms with Crippen LogP contribution in [0.1, 0.15) is 16.8 Å². The molecule has 0 amide bonds. The highest BCUT2D eigenvalue weighted by atomic mass is 19.1. The monoisotopic (exact) mass is 418 g/mol. The van der Waals surface area contributed by atoms with Crippen LogP contribution in [0.2, 0.25) is 0 Å². The molecule has 0 saturated carbocycles. The molecule has 0 radical (unpaired) electrons. The van der Waals surface area contributed by atoms with Gasteiger partial charge in [-0.3, -0.25) is 4.90 Å². The van der Waals surface area contributed by atoms with E-state index in [-0.39, 0.29) is 5.82 Å². The van der Waals surface area contributed by atoms with Crippen molar-refractivity contribution in [1.82, 2.24) is 24.6 Å². The second-order valence-corrected chi connectivity index (χ2v) is 7.66. The fourth-order valence-electron chi connectivity index (χ4n) is 3.93. The lowest BCUT2D eigenvalue weighted by atomic mass is 9.78. The van der Waals surface area contributed by atoms with Crippen molar-refractivity contribution in [3.63, 3.8) is 0 Å². The van der Waals surface area contributed by atoms with Crippen LogP contribution in [0.15, 0.2) is 48.7 Å². The lowest BCUT2D eigenvalue weighted by molar-refractivity contribution is 0.351. The van der Waals surface area contributed by atoms with Gasteiger partial charge in [-0.2, -0.15) is 14.8 Å². The molecule has 1 aliphatic rings. The van der Waals surface area contributed by atoms with Gasteiger partial charge >= 0.3 is 7.12 Å². The molecular weight excluding hydrogens is 398 g/mol. The van der Waals surface area contributed by atoms with Crippen LogP contribution in [0.3, 0.4) is 0 Å². The molecule has 0 unspecified atom stereocenters. The summed E-state index contributed by atoms with van der Waals surface area (Å²) in [4.78, 5) is 11.6. The fraction of sp³-hybridized carbons (Fsp3) is 0.190. The maximum absolute atomic E-state index is 13.5. The van der Waals surface area contributed by atoms with Crippen molar-refractivity contribution in [2.24, 2.45) is 0 Å². The maximum Gasteiger partial charge on any atom is 0.489 e. The standard InChI is InChI=1S/C21H20BFN6O2/c1-28-11-16-18(12-28)26-21(27-20(16)24-9-13-4-2-5-14(23)8-13)29-19-7-3-6-17(22(30)31)15(19)10-25-29/h2-8,10,30-31H,9,11-12H2,1H3,(H,24,26,27). The summed E-state index contributed by atoms with van der Waals surface area (Å²) in [6.45, 7) is 1.81. The molecule has 4 aromatic rings. The number of nitrogens with one attached hydrogen (secondary N) is 1. The highest BCUT2D eigenvalue weighted by Crippen LogP contribution is 2.28. The summed E-state index contributed by atoms with van der Waals surface area (Å²) in [7, 11) is 0.412. The van der Waals surface area contributed by atoms with Crippen LogP contribution < -0.4 is 10.8 Å². The molecule has 3 heterocycles. The first-order chi connectivity index (χ1) is 15.0. The number of hydrogen-bond acceptors (Lipinski definition) is 7. The van der Waals surface area contributed by atoms with Gasteiger partial charge in [0.1, 0.15) is 11.6 Å². The van der Waals surface area contributed by atoms with E-state index in [1.807, 2.05) is 19.2 Å². The first kappa shape index (κ1) is 19.6. The van der Waals surface area contributed by atoms with E-state index < -0.39 is 7.12 Å². The molecule has 0 fully saturated rings. The largest absolute Gasteiger partial charge is 0.489 e. The lowest BCUT2D eigenvalue weighted by Gasteiger charge is -2.12. The summed E-state index contributed by atoms with van der Waals surface area (Å²) in [6, 6.07) is 11.6. The maximum atomic E-state index is 13.5. The average Bonchev–Trinajstić information content (AvgIpc) is 3.34. The number of fused-ring (bicyclic) bond motifs is 2. The molecule has 0 bridgehead atoms. The Hall–Kier alpha value is -3.34. The number of hydrogen-bond donors (Lipinski definition) is 3. The normalized spacial score (nSPS) is 13.5. The molecule has 0 spiro atoms. The highest BCUT2D eigenvalue weighted by molar-refractivity contribution is 6.61. The van der Waals surface area contributed by atoms with Crippen molar-refractivity contribution >= 4 is 29.3 Å². The molecule has 2 aromatic heterocycles. The van der Waals surface area contributed by atoms with Crippen molar-refractivity contribution in [3.05, 3.63) is 71.3 Å². The second-order valence-electron chi connectivity index (χ2n) is 7.66. The summed E-state index contributed by atoms with van der Waals surface area (Å²) in [5.74, 6) is 0.781. The minimum Gasteiger partial charge on any atom is -0.423 e. The molecule has 156 valence electrons. The SMILES string of the molecule is CN1Cc2nc(-n3ncc4c(B(O)O)cccc43)nc(NCc3cccc(F)c3)c2C1. The molecule has 0 atom stereocenters. The topological polar surface area (TPSA) is 99.3 Å². The number of aromatic nitrogens is 4. The van der Waals surface area contributed by atoms with Crippen LogP contribution in [-0.2, 0) is 19.6 Å². The zero-order valence-corrected chi connectivity index (χ0v) is 16.8. The van der Waals surface area contributed by atoms with Crippen LogP contribution in [0.5, 0.6) is 0 Å². The quantitative estimate of drug-likeness (QED) is 0.419. The number of anilines is 1. The Labute approximate surface area is 178 Å². The van der Waals surface area contributed by atoms with E-state index in [1.54, 1.807) is 29.1 Å². The first-order valence-corrected chi connectivity index (χ1v) is 9.89. The first-order valence-electron chi connectivity index (χ1n) is 9.89. The summed E-state index contributed by atoms with van der Waals surface area (Å²) in [6.07, 6.45) is 1.58. The molecule has 10 heteroatoms. The van der Waals surface area contributed by atoms with Crippen LogP contribution in [0, 0.1) is 5.82 Å². The Morgan fingerprint density at radius 1 is 1.13 bits per heavy atom. The minimum atomic E-state index is -1.60. The van der Waals surface area contributed by atoms with Crippen molar-refractivity contribution in [2.45, 2.75) is 19.6 Å². The van der Waals surface area contributed by atoms with E-state index in [4.69, 9.17) is 9.97 Å². The van der Waals surface area contributed by atoms with Gasteiger partial charge in [-0.05, 0) is 36.3 Å². The second kappa shape index (κ2) is 7.73. The predicted octanol–water partition coefficient (Wildman–Crippen LogP) is 1.19. The summed E-state index contributed by atoms with van der Waals surface area (Å²) >= 11 is 0. The van der Waals surface area contributed by atoms with E-state index in [2.05, 4.69) is 15.3 Å². The summed E-state index contributed by atoms with van der Waals surface area (Å²) in [5.41, 5.74) is 3.76. The molecule has 31 heavy (non-hydrogen) atoms. The van der Waals surface area contributed by atoms with Crippen LogP contribution >= 0.6 is 0 Å². The van der Waals surface area contributed by atoms with Crippen molar-refractivity contribution in [1.29, 1.82) is 0 Å². The number of rotatable bonds is 5. The van der Waals surface area contributed by atoms with E-state index in [0.717, 1.165) is 16.8 Å². The van der Waals surface area contributed by atoms with Gasteiger partial charge in [0.05, 0.1) is 17.4 Å². The smallest absolute Gasteiger partial charge is 0.423 e. The molecule has 2 aromatic carbocycles. The van der Waals surface area contributed by atoms with Gasteiger partial charge < -0.3 is 15.4 Å². The van der Waals surface area contributed by atoms with Crippen molar-refractivity contribution < 1.29 is 14.4 Å². The van der Waals surface area contributed by atoms with Crippen molar-refractivity contribution in [3.8, 4) is 5.95 Å². The molecule has 3 N–H and O–H groups in total. The third kappa shape index (κ3) is 3.65. The molecule has 1 aliphatic heterocycles. The third-order valence-electron chi connectivity index (χ3n) is 5.39. The van der Waals surface area contributed by atoms with Crippen molar-refractivity contribution in [2.75, 3.05) is 12.4 Å². The van der Waals surface area contributed by atoms with Gasteiger partial charge in [0.25, 0.3) is 5.95 Å². The van der Waals surface area contributed by atoms with E-state index >= 15 is 0 Å². The van der Waals surface area contributed by atoms with E-state index in [1.165, 1.54) is 12.1 Å². The molecule has 0 aliphatic carbocycles. The Morgan fingerprint density at radius 2 is 1.97 bits per heavy atom. The molecule has 5 rings (SSSR count). The van der Waals surface area contributed by atoms with Gasteiger partial charge in [-0.15, -0.1) is 0 Å². The summed E-state index contributed by atoms with van der Waals surface area (Å²) < 4.78 is 15.1. The zero-order valence-electron chi connectivity index (χ0n) is 16.8. The van der Waals surface area contributed by atoms with Gasteiger partial charge in [0, 0.05) is 30.6 Å². The third-order valence-corrected chi connectivity index (χ3v) is 5.39. The van der Waals surface area contributed by atoms with Gasteiger partial charge in [0.2, 0.25) is 0 Å². The fourth-order valence-corrected chi connectivity index (χ4v) is 3.93. The Bertz CT molecular complexity index is 1280. The molecule has 8 nitrogen and oxygen atoms in total. The Balaban J connectivity index is 1.56. The van der Waals surface area contributed by atoms with Gasteiger partial charge in [-0.1, -0.05) is 24.3 Å². The van der Waals surface area contributed by atoms with E-state index in [9.17, 15) is 14.4 Å². The van der Waals surface area contributed by atoms with Crippen LogP contribution in [-0.4, -0.2) is 48.9 Å². The minimum absolute atomic E-state index is 0.280. The predicted molar refractivity (Wildman–Crippen MR) is 115 cm³/mol. The number of halogens is 1. The zero-order chi connectivity index (χ0) is 21.5. The molecular formula is C21H20BFN6O2. The molecule has 0 saturated heterocycles. The van der Waals surface area contributed by atoms with Crippen LogP contribution in [0.25, 0.3) is 16.9 Å². The lowest BCUT2D eigenvalue weighted by Crippen LogP contribution is -2.30. The van der Waals surface area contributed by atoms with Gasteiger partial charge in [0.15, 0.2) is 0 Å². The van der Waals surface area contributed by atoms with Gasteiger partial charge in [-0.25, -0.2) is 9.37 Å². The van der Waals surface area contributed by atoms with Crippen LogP contribution in [0.4, 0.5) is 10.2 Å². The average molecular weight is 418 g/mol. The summed E-state index contributed by atoms with van der Waals surface area (Å²) in [5, 5.41) is 27.6. The Morgan fingerprint density at radius 3 is 2.77 bits per heavy atom. The Kier molecular flexibility index (Phi) is 4.89. The highest BCUT2D eigenvalue weighted by Gasteiger charge is 2.25. The van der Waals surface area contributed by atoms with E-state index in [0.29, 0.717) is 47.8 Å². The number of benzene rings is 2. The number of nitrogens with zero attached hydrogens (tertiary/aromatic N) is 5.